The van der Waals surface area contributed by atoms with Crippen LogP contribution in [-0.4, -0.2) is 34.5 Å². The van der Waals surface area contributed by atoms with Gasteiger partial charge in [0.25, 0.3) is 0 Å². The number of carboxylic acids is 1. The molecule has 1 saturated carbocycles. The standard InChI is InChI=1S/C10H15NO3/c12-9(13)4-3-8-5-6-11(8)10(14)7-1-2-7/h7-8H,1-6H2,(H,12,13). The first-order valence-corrected chi connectivity index (χ1v) is 5.21. The highest BCUT2D eigenvalue weighted by Gasteiger charge is 2.40. The van der Waals surface area contributed by atoms with Gasteiger partial charge in [0.2, 0.25) is 5.91 Å². The Morgan fingerprint density at radius 3 is 2.43 bits per heavy atom. The molecule has 2 aliphatic rings. The van der Waals surface area contributed by atoms with E-state index in [2.05, 4.69) is 0 Å². The molecule has 0 aromatic rings. The molecule has 1 aliphatic heterocycles. The smallest absolute Gasteiger partial charge is 0.303 e. The zero-order valence-corrected chi connectivity index (χ0v) is 8.11. The minimum Gasteiger partial charge on any atom is -0.481 e. The SMILES string of the molecule is O=C(O)CCC1CCN1C(=O)C1CC1. The monoisotopic (exact) mass is 197 g/mol. The van der Waals surface area contributed by atoms with Crippen LogP contribution in [0.4, 0.5) is 0 Å². The second-order valence-corrected chi connectivity index (χ2v) is 4.18. The van der Waals surface area contributed by atoms with Crippen molar-refractivity contribution in [3.63, 3.8) is 0 Å². The van der Waals surface area contributed by atoms with Gasteiger partial charge in [-0.2, -0.15) is 0 Å². The number of aliphatic carboxylic acids is 1. The molecule has 0 bridgehead atoms. The van der Waals surface area contributed by atoms with E-state index >= 15 is 0 Å². The van der Waals surface area contributed by atoms with Crippen LogP contribution < -0.4 is 0 Å². The molecule has 1 amide bonds. The van der Waals surface area contributed by atoms with Crippen LogP contribution in [0.2, 0.25) is 0 Å². The topological polar surface area (TPSA) is 57.6 Å². The first-order chi connectivity index (χ1) is 6.68. The van der Waals surface area contributed by atoms with E-state index in [0.717, 1.165) is 25.8 Å². The van der Waals surface area contributed by atoms with Crippen molar-refractivity contribution in [2.24, 2.45) is 5.92 Å². The lowest BCUT2D eigenvalue weighted by Gasteiger charge is -2.41. The van der Waals surface area contributed by atoms with Crippen molar-refractivity contribution >= 4 is 11.9 Å². The Labute approximate surface area is 82.9 Å². The Morgan fingerprint density at radius 2 is 2.00 bits per heavy atom. The number of hydrogen-bond acceptors (Lipinski definition) is 2. The Hall–Kier alpha value is -1.06. The van der Waals surface area contributed by atoms with Crippen molar-refractivity contribution in [3.05, 3.63) is 0 Å². The molecule has 1 heterocycles. The van der Waals surface area contributed by atoms with E-state index in [4.69, 9.17) is 5.11 Å². The molecule has 1 saturated heterocycles. The third-order valence-electron chi connectivity index (χ3n) is 3.05. The quantitative estimate of drug-likeness (QED) is 0.727. The Kier molecular flexibility index (Phi) is 2.44. The molecule has 4 heteroatoms. The van der Waals surface area contributed by atoms with Crippen molar-refractivity contribution in [2.45, 2.75) is 38.1 Å². The van der Waals surface area contributed by atoms with Crippen LogP contribution in [-0.2, 0) is 9.59 Å². The summed E-state index contributed by atoms with van der Waals surface area (Å²) in [5.74, 6) is -0.245. The van der Waals surface area contributed by atoms with Crippen molar-refractivity contribution in [3.8, 4) is 0 Å². The summed E-state index contributed by atoms with van der Waals surface area (Å²) in [5.41, 5.74) is 0. The summed E-state index contributed by atoms with van der Waals surface area (Å²) in [6, 6.07) is 0.208. The maximum atomic E-state index is 11.6. The molecule has 14 heavy (non-hydrogen) atoms. The summed E-state index contributed by atoms with van der Waals surface area (Å²) in [4.78, 5) is 23.8. The van der Waals surface area contributed by atoms with Crippen LogP contribution in [0.5, 0.6) is 0 Å². The number of hydrogen-bond donors (Lipinski definition) is 1. The first-order valence-electron chi connectivity index (χ1n) is 5.21. The van der Waals surface area contributed by atoms with Gasteiger partial charge >= 0.3 is 5.97 Å². The largest absolute Gasteiger partial charge is 0.481 e. The Morgan fingerprint density at radius 1 is 1.29 bits per heavy atom. The molecular formula is C10H15NO3. The summed E-state index contributed by atoms with van der Waals surface area (Å²) < 4.78 is 0. The predicted octanol–water partition coefficient (Wildman–Crippen LogP) is 0.862. The fraction of sp³-hybridized carbons (Fsp3) is 0.800. The minimum absolute atomic E-state index is 0.180. The molecular weight excluding hydrogens is 182 g/mol. The molecule has 1 atom stereocenters. The minimum atomic E-state index is -0.768. The van der Waals surface area contributed by atoms with E-state index in [9.17, 15) is 9.59 Å². The van der Waals surface area contributed by atoms with E-state index in [1.54, 1.807) is 0 Å². The van der Waals surface area contributed by atoms with Crippen molar-refractivity contribution < 1.29 is 14.7 Å². The highest BCUT2D eigenvalue weighted by molar-refractivity contribution is 5.82. The second kappa shape index (κ2) is 3.59. The highest BCUT2D eigenvalue weighted by Crippen LogP contribution is 2.35. The van der Waals surface area contributed by atoms with Gasteiger partial charge in [-0.3, -0.25) is 9.59 Å². The summed E-state index contributed by atoms with van der Waals surface area (Å²) in [5, 5.41) is 8.52. The van der Waals surface area contributed by atoms with Gasteiger partial charge in [-0.1, -0.05) is 0 Å². The zero-order chi connectivity index (χ0) is 10.1. The average molecular weight is 197 g/mol. The molecule has 0 aromatic heterocycles. The molecule has 1 unspecified atom stereocenters. The number of likely N-dealkylation sites (tertiary alicyclic amines) is 1. The number of carboxylic acid groups (broad SMARTS) is 1. The maximum Gasteiger partial charge on any atom is 0.303 e. The lowest BCUT2D eigenvalue weighted by atomic mass is 9.97. The van der Waals surface area contributed by atoms with E-state index in [0.29, 0.717) is 6.42 Å². The summed E-state index contributed by atoms with van der Waals surface area (Å²) in [6.07, 6.45) is 3.83. The van der Waals surface area contributed by atoms with Crippen molar-refractivity contribution in [1.82, 2.24) is 4.90 Å². The van der Waals surface area contributed by atoms with Gasteiger partial charge in [0, 0.05) is 24.9 Å². The van der Waals surface area contributed by atoms with E-state index < -0.39 is 5.97 Å². The molecule has 1 aliphatic carbocycles. The summed E-state index contributed by atoms with van der Waals surface area (Å²) in [6.45, 7) is 0.833. The molecule has 0 aromatic carbocycles. The van der Waals surface area contributed by atoms with Crippen LogP contribution in [0.15, 0.2) is 0 Å². The van der Waals surface area contributed by atoms with Crippen molar-refractivity contribution in [1.29, 1.82) is 0 Å². The lowest BCUT2D eigenvalue weighted by Crippen LogP contribution is -2.51. The van der Waals surface area contributed by atoms with Gasteiger partial charge in [0.05, 0.1) is 0 Å². The fourth-order valence-corrected chi connectivity index (χ4v) is 1.89. The molecule has 78 valence electrons. The lowest BCUT2D eigenvalue weighted by molar-refractivity contribution is -0.143. The van der Waals surface area contributed by atoms with Gasteiger partial charge in [-0.05, 0) is 25.7 Å². The molecule has 4 nitrogen and oxygen atoms in total. The van der Waals surface area contributed by atoms with E-state index in [1.165, 1.54) is 0 Å². The van der Waals surface area contributed by atoms with Crippen LogP contribution in [0.3, 0.4) is 0 Å². The van der Waals surface area contributed by atoms with Crippen LogP contribution in [0.25, 0.3) is 0 Å². The van der Waals surface area contributed by atoms with Gasteiger partial charge in [0.15, 0.2) is 0 Å². The third-order valence-corrected chi connectivity index (χ3v) is 3.05. The molecule has 0 spiro atoms. The molecule has 2 fully saturated rings. The number of amides is 1. The fourth-order valence-electron chi connectivity index (χ4n) is 1.89. The summed E-state index contributed by atoms with van der Waals surface area (Å²) >= 11 is 0. The predicted molar refractivity (Wildman–Crippen MR) is 49.7 cm³/mol. The van der Waals surface area contributed by atoms with Crippen LogP contribution in [0, 0.1) is 5.92 Å². The van der Waals surface area contributed by atoms with Crippen LogP contribution >= 0.6 is 0 Å². The zero-order valence-electron chi connectivity index (χ0n) is 8.11. The molecule has 2 rings (SSSR count). The second-order valence-electron chi connectivity index (χ2n) is 4.18. The highest BCUT2D eigenvalue weighted by atomic mass is 16.4. The normalized spacial score (nSPS) is 25.7. The number of carbonyl (C=O) groups is 2. The van der Waals surface area contributed by atoms with Gasteiger partial charge in [0.1, 0.15) is 0 Å². The van der Waals surface area contributed by atoms with Gasteiger partial charge in [-0.25, -0.2) is 0 Å². The third kappa shape index (κ3) is 1.89. The number of carbonyl (C=O) groups excluding carboxylic acids is 1. The van der Waals surface area contributed by atoms with Gasteiger partial charge < -0.3 is 10.0 Å². The first kappa shape index (κ1) is 9.49. The van der Waals surface area contributed by atoms with Crippen molar-refractivity contribution in [2.75, 3.05) is 6.54 Å². The average Bonchev–Trinajstić information content (AvgIpc) is 2.83. The van der Waals surface area contributed by atoms with Gasteiger partial charge in [-0.15, -0.1) is 0 Å². The number of rotatable bonds is 4. The maximum absolute atomic E-state index is 11.6. The number of nitrogens with zero attached hydrogens (tertiary/aromatic N) is 1. The Balaban J connectivity index is 1.77. The van der Waals surface area contributed by atoms with E-state index in [-0.39, 0.29) is 24.3 Å². The van der Waals surface area contributed by atoms with E-state index in [1.807, 2.05) is 4.90 Å². The van der Waals surface area contributed by atoms with Crippen LogP contribution in [0.1, 0.15) is 32.1 Å². The molecule has 0 radical (unpaired) electrons. The Bertz CT molecular complexity index is 260. The molecule has 1 N–H and O–H groups in total. The summed E-state index contributed by atoms with van der Waals surface area (Å²) in [7, 11) is 0.